The van der Waals surface area contributed by atoms with Crippen LogP contribution in [0, 0.1) is 6.92 Å². The van der Waals surface area contributed by atoms with Gasteiger partial charge in [-0.3, -0.25) is 4.79 Å². The molecule has 0 bridgehead atoms. The molecule has 1 unspecified atom stereocenters. The second kappa shape index (κ2) is 6.61. The van der Waals surface area contributed by atoms with Crippen molar-refractivity contribution in [2.75, 3.05) is 13.7 Å². The maximum atomic E-state index is 11.3. The van der Waals surface area contributed by atoms with Crippen molar-refractivity contribution < 1.29 is 14.3 Å². The van der Waals surface area contributed by atoms with Crippen molar-refractivity contribution in [3.8, 4) is 5.75 Å². The summed E-state index contributed by atoms with van der Waals surface area (Å²) in [7, 11) is 1.32. The first kappa shape index (κ1) is 14.8. The quantitative estimate of drug-likeness (QED) is 0.833. The number of aryl methyl sites for hydroxylation is 1. The van der Waals surface area contributed by atoms with E-state index in [9.17, 15) is 4.79 Å². The van der Waals surface area contributed by atoms with Gasteiger partial charge in [-0.1, -0.05) is 11.6 Å². The second-order valence-corrected chi connectivity index (χ2v) is 4.38. The molecule has 1 rings (SSSR count). The molecule has 1 aromatic carbocycles. The van der Waals surface area contributed by atoms with Crippen molar-refractivity contribution in [2.45, 2.75) is 26.3 Å². The number of carbonyl (C=O) groups excluding carboxylic acids is 1. The largest absolute Gasteiger partial charge is 0.492 e. The minimum atomic E-state index is -0.678. The number of esters is 1. The van der Waals surface area contributed by atoms with Crippen LogP contribution in [0.4, 0.5) is 0 Å². The van der Waals surface area contributed by atoms with Gasteiger partial charge in [0.25, 0.3) is 0 Å². The number of methoxy groups -OCH3 is 1. The van der Waals surface area contributed by atoms with Crippen molar-refractivity contribution in [1.82, 2.24) is 0 Å². The Morgan fingerprint density at radius 2 is 2.17 bits per heavy atom. The monoisotopic (exact) mass is 271 g/mol. The van der Waals surface area contributed by atoms with Gasteiger partial charge in [0.15, 0.2) is 0 Å². The van der Waals surface area contributed by atoms with Crippen LogP contribution in [0.5, 0.6) is 5.75 Å². The summed E-state index contributed by atoms with van der Waals surface area (Å²) in [6.45, 7) is 4.38. The highest BCUT2D eigenvalue weighted by Crippen LogP contribution is 2.28. The molecule has 0 aliphatic carbocycles. The molecule has 1 aromatic rings. The summed E-state index contributed by atoms with van der Waals surface area (Å²) in [5.41, 5.74) is 7.63. The van der Waals surface area contributed by atoms with E-state index in [1.165, 1.54) is 7.11 Å². The number of benzene rings is 1. The van der Waals surface area contributed by atoms with Gasteiger partial charge in [0.2, 0.25) is 0 Å². The lowest BCUT2D eigenvalue weighted by Gasteiger charge is -2.14. The van der Waals surface area contributed by atoms with Gasteiger partial charge >= 0.3 is 5.97 Å². The zero-order chi connectivity index (χ0) is 13.7. The van der Waals surface area contributed by atoms with Gasteiger partial charge in [-0.25, -0.2) is 0 Å². The highest BCUT2D eigenvalue weighted by atomic mass is 35.5. The van der Waals surface area contributed by atoms with Crippen LogP contribution in [0.25, 0.3) is 0 Å². The zero-order valence-corrected chi connectivity index (χ0v) is 11.6. The maximum absolute atomic E-state index is 11.3. The van der Waals surface area contributed by atoms with Gasteiger partial charge in [0.05, 0.1) is 18.7 Å². The summed E-state index contributed by atoms with van der Waals surface area (Å²) in [5, 5.41) is 0.523. The number of halogens is 1. The van der Waals surface area contributed by atoms with Crippen molar-refractivity contribution >= 4 is 17.6 Å². The standard InChI is InChI=1S/C13H18ClNO3/c1-4-18-12-5-8(2)9(6-10(12)14)7-11(15)13(16)17-3/h5-6,11H,4,7,15H2,1-3H3. The molecule has 0 radical (unpaired) electrons. The minimum absolute atomic E-state index is 0.393. The molecule has 2 N–H and O–H groups in total. The Morgan fingerprint density at radius 1 is 1.50 bits per heavy atom. The Balaban J connectivity index is 2.91. The van der Waals surface area contributed by atoms with Crippen molar-refractivity contribution in [1.29, 1.82) is 0 Å². The van der Waals surface area contributed by atoms with E-state index in [0.717, 1.165) is 11.1 Å². The molecule has 0 aliphatic rings. The highest BCUT2D eigenvalue weighted by molar-refractivity contribution is 6.32. The van der Waals surface area contributed by atoms with Gasteiger partial charge in [-0.05, 0) is 43.5 Å². The van der Waals surface area contributed by atoms with Crippen LogP contribution in [0.15, 0.2) is 12.1 Å². The van der Waals surface area contributed by atoms with Crippen molar-refractivity contribution in [3.05, 3.63) is 28.3 Å². The van der Waals surface area contributed by atoms with Crippen LogP contribution < -0.4 is 10.5 Å². The summed E-state index contributed by atoms with van der Waals surface area (Å²) >= 11 is 6.10. The number of carbonyl (C=O) groups is 1. The first-order valence-electron chi connectivity index (χ1n) is 5.74. The lowest BCUT2D eigenvalue weighted by molar-refractivity contribution is -0.142. The lowest BCUT2D eigenvalue weighted by atomic mass is 10.0. The molecule has 0 amide bonds. The third-order valence-corrected chi connectivity index (χ3v) is 2.93. The zero-order valence-electron chi connectivity index (χ0n) is 10.8. The third-order valence-electron chi connectivity index (χ3n) is 2.63. The fraction of sp³-hybridized carbons (Fsp3) is 0.462. The van der Waals surface area contributed by atoms with Gasteiger partial charge in [0.1, 0.15) is 11.8 Å². The maximum Gasteiger partial charge on any atom is 0.322 e. The summed E-state index contributed by atoms with van der Waals surface area (Å²) in [6, 6.07) is 2.96. The van der Waals surface area contributed by atoms with Crippen molar-refractivity contribution in [2.24, 2.45) is 5.73 Å². The molecule has 0 spiro atoms. The topological polar surface area (TPSA) is 61.5 Å². The Kier molecular flexibility index (Phi) is 5.44. The van der Waals surface area contributed by atoms with Crippen LogP contribution in [0.3, 0.4) is 0 Å². The molecule has 0 aliphatic heterocycles. The van der Waals surface area contributed by atoms with Crippen LogP contribution in [0.1, 0.15) is 18.1 Å². The van der Waals surface area contributed by atoms with Crippen LogP contribution in [-0.4, -0.2) is 25.7 Å². The summed E-state index contributed by atoms with van der Waals surface area (Å²) in [5.74, 6) is 0.214. The smallest absolute Gasteiger partial charge is 0.322 e. The van der Waals surface area contributed by atoms with E-state index >= 15 is 0 Å². The predicted molar refractivity (Wildman–Crippen MR) is 71.1 cm³/mol. The Labute approximate surface area is 112 Å². The number of ether oxygens (including phenoxy) is 2. The average Bonchev–Trinajstić information content (AvgIpc) is 2.34. The highest BCUT2D eigenvalue weighted by Gasteiger charge is 2.16. The molecule has 0 saturated carbocycles. The summed E-state index contributed by atoms with van der Waals surface area (Å²) in [4.78, 5) is 11.3. The van der Waals surface area contributed by atoms with E-state index in [0.29, 0.717) is 23.8 Å². The number of hydrogen-bond acceptors (Lipinski definition) is 4. The molecule has 0 aromatic heterocycles. The van der Waals surface area contributed by atoms with Gasteiger partial charge in [-0.15, -0.1) is 0 Å². The normalized spacial score (nSPS) is 12.1. The number of hydrogen-bond donors (Lipinski definition) is 1. The van der Waals surface area contributed by atoms with Gasteiger partial charge in [0, 0.05) is 0 Å². The predicted octanol–water partition coefficient (Wildman–Crippen LogP) is 2.09. The number of rotatable bonds is 5. The molecule has 4 nitrogen and oxygen atoms in total. The Morgan fingerprint density at radius 3 is 2.72 bits per heavy atom. The fourth-order valence-electron chi connectivity index (χ4n) is 1.65. The molecular formula is C13H18ClNO3. The van der Waals surface area contributed by atoms with E-state index in [1.807, 2.05) is 19.9 Å². The van der Waals surface area contributed by atoms with Crippen LogP contribution in [-0.2, 0) is 16.0 Å². The van der Waals surface area contributed by atoms with E-state index < -0.39 is 12.0 Å². The van der Waals surface area contributed by atoms with Gasteiger partial charge < -0.3 is 15.2 Å². The molecule has 0 heterocycles. The third kappa shape index (κ3) is 3.62. The lowest BCUT2D eigenvalue weighted by Crippen LogP contribution is -2.33. The molecular weight excluding hydrogens is 254 g/mol. The van der Waals surface area contributed by atoms with E-state index in [2.05, 4.69) is 4.74 Å². The number of nitrogens with two attached hydrogens (primary N) is 1. The molecule has 100 valence electrons. The molecule has 5 heteroatoms. The van der Waals surface area contributed by atoms with E-state index in [4.69, 9.17) is 22.1 Å². The van der Waals surface area contributed by atoms with E-state index in [-0.39, 0.29) is 0 Å². The molecule has 0 saturated heterocycles. The summed E-state index contributed by atoms with van der Waals surface area (Å²) in [6.07, 6.45) is 0.393. The fourth-order valence-corrected chi connectivity index (χ4v) is 1.89. The second-order valence-electron chi connectivity index (χ2n) is 3.98. The average molecular weight is 272 g/mol. The minimum Gasteiger partial charge on any atom is -0.492 e. The van der Waals surface area contributed by atoms with Crippen LogP contribution in [0.2, 0.25) is 5.02 Å². The Hall–Kier alpha value is -1.26. The SMILES string of the molecule is CCOc1cc(C)c(CC(N)C(=O)OC)cc1Cl. The first-order chi connectivity index (χ1) is 8.49. The van der Waals surface area contributed by atoms with Gasteiger partial charge in [-0.2, -0.15) is 0 Å². The van der Waals surface area contributed by atoms with E-state index in [1.54, 1.807) is 6.07 Å². The Bertz CT molecular complexity index is 434. The first-order valence-corrected chi connectivity index (χ1v) is 6.12. The molecule has 1 atom stereocenters. The molecule has 18 heavy (non-hydrogen) atoms. The van der Waals surface area contributed by atoms with Crippen LogP contribution >= 0.6 is 11.6 Å². The van der Waals surface area contributed by atoms with Crippen molar-refractivity contribution in [3.63, 3.8) is 0 Å². The summed E-state index contributed by atoms with van der Waals surface area (Å²) < 4.78 is 9.99. The molecule has 0 fully saturated rings.